The minimum Gasteiger partial charge on any atom is -0.301 e. The average molecular weight is 342 g/mol. The third-order valence-corrected chi connectivity index (χ3v) is 4.39. The van der Waals surface area contributed by atoms with Gasteiger partial charge in [0.2, 0.25) is 0 Å². The van der Waals surface area contributed by atoms with Gasteiger partial charge >= 0.3 is 0 Å². The molecule has 122 valence electrons. The lowest BCUT2D eigenvalue weighted by Gasteiger charge is -2.06. The molecule has 3 rings (SSSR count). The van der Waals surface area contributed by atoms with Crippen molar-refractivity contribution in [1.29, 1.82) is 0 Å². The van der Waals surface area contributed by atoms with E-state index >= 15 is 0 Å². The zero-order valence-electron chi connectivity index (χ0n) is 13.0. The number of nitrogens with zero attached hydrogens (tertiary/aromatic N) is 4. The number of thioether (sulfide) groups is 1. The summed E-state index contributed by atoms with van der Waals surface area (Å²) in [4.78, 5) is 16.5. The number of rotatable bonds is 6. The largest absolute Gasteiger partial charge is 0.301 e. The predicted octanol–water partition coefficient (Wildman–Crippen LogP) is 3.47. The van der Waals surface area contributed by atoms with Crippen LogP contribution in [-0.4, -0.2) is 31.3 Å². The molecule has 0 fully saturated rings. The van der Waals surface area contributed by atoms with Crippen molar-refractivity contribution in [2.45, 2.75) is 18.6 Å². The molecule has 3 aromatic rings. The Morgan fingerprint density at radius 3 is 2.62 bits per heavy atom. The van der Waals surface area contributed by atoms with Crippen LogP contribution in [-0.2, 0) is 6.54 Å². The van der Waals surface area contributed by atoms with Gasteiger partial charge in [0, 0.05) is 18.3 Å². The minimum atomic E-state index is -0.357. The fourth-order valence-electron chi connectivity index (χ4n) is 2.21. The van der Waals surface area contributed by atoms with Gasteiger partial charge in [-0.1, -0.05) is 17.8 Å². The Hall–Kier alpha value is -2.54. The number of aromatic nitrogens is 4. The fraction of sp³-hybridized carbons (Fsp3) is 0.176. The van der Waals surface area contributed by atoms with Crippen LogP contribution in [0.4, 0.5) is 4.39 Å². The zero-order chi connectivity index (χ0) is 16.9. The van der Waals surface area contributed by atoms with Gasteiger partial charge in [-0.15, -0.1) is 10.2 Å². The van der Waals surface area contributed by atoms with Crippen LogP contribution in [0.15, 0.2) is 53.8 Å². The van der Waals surface area contributed by atoms with Gasteiger partial charge in [0.1, 0.15) is 11.5 Å². The normalized spacial score (nSPS) is 10.8. The van der Waals surface area contributed by atoms with Gasteiger partial charge in [-0.3, -0.25) is 9.78 Å². The highest BCUT2D eigenvalue weighted by molar-refractivity contribution is 7.99. The molecule has 0 aliphatic heterocycles. The van der Waals surface area contributed by atoms with Crippen molar-refractivity contribution in [2.24, 2.45) is 0 Å². The number of benzene rings is 1. The zero-order valence-corrected chi connectivity index (χ0v) is 13.8. The standard InChI is InChI=1S/C17H15FN4OS/c1-2-22-16(14-5-3-4-10-19-14)20-21-17(22)24-11-15(23)12-6-8-13(18)9-7-12/h3-10H,2,11H2,1H3. The van der Waals surface area contributed by atoms with Crippen LogP contribution in [0.1, 0.15) is 17.3 Å². The number of ketones is 1. The van der Waals surface area contributed by atoms with Gasteiger partial charge in [-0.25, -0.2) is 4.39 Å². The summed E-state index contributed by atoms with van der Waals surface area (Å²) in [5.41, 5.74) is 1.22. The summed E-state index contributed by atoms with van der Waals surface area (Å²) in [5.74, 6) is 0.455. The molecule has 5 nitrogen and oxygen atoms in total. The SMILES string of the molecule is CCn1c(SCC(=O)c2ccc(F)cc2)nnc1-c1ccccn1. The molecule has 2 aromatic heterocycles. The first-order valence-electron chi connectivity index (χ1n) is 7.45. The van der Waals surface area contributed by atoms with Crippen molar-refractivity contribution in [2.75, 3.05) is 5.75 Å². The van der Waals surface area contributed by atoms with Crippen LogP contribution in [0.2, 0.25) is 0 Å². The molecule has 0 aliphatic carbocycles. The van der Waals surface area contributed by atoms with Gasteiger partial charge in [-0.05, 0) is 43.3 Å². The van der Waals surface area contributed by atoms with E-state index in [4.69, 9.17) is 0 Å². The van der Waals surface area contributed by atoms with Crippen molar-refractivity contribution in [3.8, 4) is 11.5 Å². The Morgan fingerprint density at radius 1 is 1.17 bits per heavy atom. The molecule has 24 heavy (non-hydrogen) atoms. The van der Waals surface area contributed by atoms with Gasteiger partial charge in [0.25, 0.3) is 0 Å². The number of halogens is 1. The number of pyridine rings is 1. The van der Waals surface area contributed by atoms with E-state index in [0.717, 1.165) is 5.69 Å². The maximum atomic E-state index is 12.9. The Labute approximate surface area is 143 Å². The van der Waals surface area contributed by atoms with E-state index in [1.807, 2.05) is 29.7 Å². The first kappa shape index (κ1) is 16.3. The minimum absolute atomic E-state index is 0.0787. The monoisotopic (exact) mass is 342 g/mol. The number of hydrogen-bond acceptors (Lipinski definition) is 5. The molecule has 0 saturated carbocycles. The van der Waals surface area contributed by atoms with Crippen LogP contribution >= 0.6 is 11.8 Å². The van der Waals surface area contributed by atoms with Gasteiger partial charge in [0.15, 0.2) is 16.8 Å². The van der Waals surface area contributed by atoms with Crippen molar-refractivity contribution < 1.29 is 9.18 Å². The molecule has 0 amide bonds. The van der Waals surface area contributed by atoms with Crippen LogP contribution in [0.3, 0.4) is 0 Å². The summed E-state index contributed by atoms with van der Waals surface area (Å²) < 4.78 is 14.8. The van der Waals surface area contributed by atoms with Gasteiger partial charge < -0.3 is 4.57 Å². The molecule has 0 bridgehead atoms. The first-order chi connectivity index (χ1) is 11.7. The third-order valence-electron chi connectivity index (χ3n) is 3.43. The van der Waals surface area contributed by atoms with E-state index in [1.54, 1.807) is 6.20 Å². The van der Waals surface area contributed by atoms with Crippen LogP contribution in [0, 0.1) is 5.82 Å². The fourth-order valence-corrected chi connectivity index (χ4v) is 3.11. The van der Waals surface area contributed by atoms with E-state index in [2.05, 4.69) is 15.2 Å². The Bertz CT molecular complexity index is 834. The second-order valence-corrected chi connectivity index (χ2v) is 5.93. The molecular formula is C17H15FN4OS. The van der Waals surface area contributed by atoms with Crippen molar-refractivity contribution in [3.05, 3.63) is 60.0 Å². The number of carbonyl (C=O) groups is 1. The van der Waals surface area contributed by atoms with E-state index in [1.165, 1.54) is 36.0 Å². The molecule has 2 heterocycles. The summed E-state index contributed by atoms with van der Waals surface area (Å²) >= 11 is 1.31. The molecule has 0 unspecified atom stereocenters. The number of carbonyl (C=O) groups excluding carboxylic acids is 1. The third kappa shape index (κ3) is 3.51. The Kier molecular flexibility index (Phi) is 5.00. The second kappa shape index (κ2) is 7.35. The first-order valence-corrected chi connectivity index (χ1v) is 8.43. The summed E-state index contributed by atoms with van der Waals surface area (Å²) in [6.07, 6.45) is 1.70. The topological polar surface area (TPSA) is 60.7 Å². The van der Waals surface area contributed by atoms with Gasteiger partial charge in [-0.2, -0.15) is 0 Å². The summed E-state index contributed by atoms with van der Waals surface area (Å²) in [5, 5.41) is 9.02. The highest BCUT2D eigenvalue weighted by atomic mass is 32.2. The molecule has 1 aromatic carbocycles. The second-order valence-electron chi connectivity index (χ2n) is 4.98. The highest BCUT2D eigenvalue weighted by Crippen LogP contribution is 2.23. The van der Waals surface area contributed by atoms with Crippen LogP contribution in [0.25, 0.3) is 11.5 Å². The Morgan fingerprint density at radius 2 is 1.96 bits per heavy atom. The van der Waals surface area contributed by atoms with E-state index in [0.29, 0.717) is 23.1 Å². The summed E-state index contributed by atoms with van der Waals surface area (Å²) in [7, 11) is 0. The quantitative estimate of drug-likeness (QED) is 0.507. The maximum Gasteiger partial charge on any atom is 0.191 e. The lowest BCUT2D eigenvalue weighted by atomic mass is 10.1. The predicted molar refractivity (Wildman–Crippen MR) is 90.4 cm³/mol. The molecule has 7 heteroatoms. The summed E-state index contributed by atoms with van der Waals surface area (Å²) in [6.45, 7) is 2.66. The van der Waals surface area contributed by atoms with Crippen LogP contribution in [0.5, 0.6) is 0 Å². The van der Waals surface area contributed by atoms with Gasteiger partial charge in [0.05, 0.1) is 5.75 Å². The maximum absolute atomic E-state index is 12.9. The molecule has 0 radical (unpaired) electrons. The average Bonchev–Trinajstić information content (AvgIpc) is 3.04. The van der Waals surface area contributed by atoms with Crippen molar-refractivity contribution in [3.63, 3.8) is 0 Å². The molecule has 0 N–H and O–H groups in total. The number of hydrogen-bond donors (Lipinski definition) is 0. The van der Waals surface area contributed by atoms with E-state index in [-0.39, 0.29) is 17.4 Å². The lowest BCUT2D eigenvalue weighted by Crippen LogP contribution is -2.05. The smallest absolute Gasteiger partial charge is 0.191 e. The summed E-state index contributed by atoms with van der Waals surface area (Å²) in [6, 6.07) is 11.1. The molecule has 0 spiro atoms. The van der Waals surface area contributed by atoms with E-state index < -0.39 is 0 Å². The van der Waals surface area contributed by atoms with Crippen molar-refractivity contribution in [1.82, 2.24) is 19.7 Å². The van der Waals surface area contributed by atoms with Crippen LogP contribution < -0.4 is 0 Å². The molecule has 0 saturated heterocycles. The number of Topliss-reactive ketones (excluding diaryl/α,β-unsaturated/α-hetero) is 1. The lowest BCUT2D eigenvalue weighted by molar-refractivity contribution is 0.102. The Balaban J connectivity index is 1.75. The molecular weight excluding hydrogens is 327 g/mol. The highest BCUT2D eigenvalue weighted by Gasteiger charge is 2.15. The molecule has 0 atom stereocenters. The van der Waals surface area contributed by atoms with E-state index in [9.17, 15) is 9.18 Å². The van der Waals surface area contributed by atoms with Crippen molar-refractivity contribution >= 4 is 17.5 Å². The molecule has 0 aliphatic rings.